The monoisotopic (exact) mass is 381 g/mol. The minimum atomic E-state index is -1.20. The number of carbonyl (C=O) groups excluding carboxylic acids is 3. The number of hydrogen-bond donors (Lipinski definition) is 1. The van der Waals surface area contributed by atoms with Crippen LogP contribution in [0.3, 0.4) is 0 Å². The van der Waals surface area contributed by atoms with Gasteiger partial charge in [0.25, 0.3) is 11.8 Å². The molecule has 1 N–H and O–H groups in total. The highest BCUT2D eigenvalue weighted by atomic mass is 16.5. The van der Waals surface area contributed by atoms with Crippen molar-refractivity contribution in [2.24, 2.45) is 0 Å². The lowest BCUT2D eigenvalue weighted by Crippen LogP contribution is -2.31. The largest absolute Gasteiger partial charge is 0.478 e. The van der Waals surface area contributed by atoms with Crippen molar-refractivity contribution in [2.45, 2.75) is 26.2 Å². The van der Waals surface area contributed by atoms with E-state index in [0.717, 1.165) is 24.2 Å². The van der Waals surface area contributed by atoms with Gasteiger partial charge in [0.15, 0.2) is 0 Å². The topological polar surface area (TPSA) is 101 Å². The van der Waals surface area contributed by atoms with Gasteiger partial charge in [0.2, 0.25) is 0 Å². The van der Waals surface area contributed by atoms with Crippen LogP contribution in [-0.2, 0) is 4.74 Å². The number of unbranched alkanes of at least 4 members (excludes halogenated alkanes) is 2. The number of anilines is 1. The number of rotatable bonds is 7. The minimum Gasteiger partial charge on any atom is -0.478 e. The minimum absolute atomic E-state index is 0.00369. The number of amides is 2. The Balaban J connectivity index is 1.92. The van der Waals surface area contributed by atoms with Gasteiger partial charge in [-0.15, -0.1) is 0 Å². The number of benzene rings is 2. The number of para-hydroxylation sites is 1. The third kappa shape index (κ3) is 3.51. The molecule has 1 aliphatic heterocycles. The number of ether oxygens (including phenoxy) is 1. The van der Waals surface area contributed by atoms with Crippen molar-refractivity contribution < 1.29 is 29.0 Å². The Morgan fingerprint density at radius 3 is 2.43 bits per heavy atom. The fourth-order valence-electron chi connectivity index (χ4n) is 3.03. The van der Waals surface area contributed by atoms with E-state index in [0.29, 0.717) is 0 Å². The Kier molecular flexibility index (Phi) is 5.54. The van der Waals surface area contributed by atoms with Gasteiger partial charge in [-0.25, -0.2) is 14.5 Å². The molecule has 0 fully saturated rings. The van der Waals surface area contributed by atoms with Gasteiger partial charge in [-0.1, -0.05) is 31.9 Å². The van der Waals surface area contributed by atoms with Crippen LogP contribution in [0.4, 0.5) is 5.69 Å². The molecule has 7 nitrogen and oxygen atoms in total. The molecule has 0 saturated carbocycles. The van der Waals surface area contributed by atoms with Crippen LogP contribution in [-0.4, -0.2) is 35.5 Å². The molecule has 0 saturated heterocycles. The first-order valence-electron chi connectivity index (χ1n) is 8.98. The lowest BCUT2D eigenvalue weighted by molar-refractivity contribution is 0.0498. The predicted octanol–water partition coefficient (Wildman–Crippen LogP) is 3.53. The summed E-state index contributed by atoms with van der Waals surface area (Å²) in [5, 5.41) is 9.12. The van der Waals surface area contributed by atoms with E-state index in [2.05, 4.69) is 0 Å². The van der Waals surface area contributed by atoms with Gasteiger partial charge in [0, 0.05) is 0 Å². The molecule has 0 unspecified atom stereocenters. The zero-order valence-electron chi connectivity index (χ0n) is 15.3. The van der Waals surface area contributed by atoms with Gasteiger partial charge in [-0.2, -0.15) is 0 Å². The lowest BCUT2D eigenvalue weighted by atomic mass is 10.1. The van der Waals surface area contributed by atoms with Gasteiger partial charge in [-0.05, 0) is 36.8 Å². The number of imide groups is 1. The smallest absolute Gasteiger partial charge is 0.340 e. The van der Waals surface area contributed by atoms with E-state index in [9.17, 15) is 19.2 Å². The average Bonchev–Trinajstić information content (AvgIpc) is 2.95. The Morgan fingerprint density at radius 1 is 1.00 bits per heavy atom. The average molecular weight is 381 g/mol. The van der Waals surface area contributed by atoms with Crippen LogP contribution in [0, 0.1) is 0 Å². The van der Waals surface area contributed by atoms with Crippen LogP contribution in [0.2, 0.25) is 0 Å². The summed E-state index contributed by atoms with van der Waals surface area (Å²) < 4.78 is 5.26. The number of esters is 1. The number of hydrogen-bond acceptors (Lipinski definition) is 5. The number of aromatic carboxylic acids is 1. The van der Waals surface area contributed by atoms with E-state index in [-0.39, 0.29) is 34.5 Å². The summed E-state index contributed by atoms with van der Waals surface area (Å²) >= 11 is 0. The van der Waals surface area contributed by atoms with Crippen molar-refractivity contribution in [1.82, 2.24) is 0 Å². The number of carbonyl (C=O) groups is 4. The Bertz CT molecular complexity index is 965. The quantitative estimate of drug-likeness (QED) is 0.447. The zero-order chi connectivity index (χ0) is 20.3. The number of carboxylic acid groups (broad SMARTS) is 1. The first kappa shape index (κ1) is 19.3. The van der Waals surface area contributed by atoms with Crippen LogP contribution < -0.4 is 4.90 Å². The van der Waals surface area contributed by atoms with Gasteiger partial charge in [0.05, 0.1) is 34.5 Å². The third-order valence-electron chi connectivity index (χ3n) is 4.48. The molecule has 0 spiro atoms. The fraction of sp³-hybridized carbons (Fsp3) is 0.238. The first-order valence-corrected chi connectivity index (χ1v) is 8.98. The van der Waals surface area contributed by atoms with Crippen molar-refractivity contribution in [3.63, 3.8) is 0 Å². The molecule has 144 valence electrons. The molecule has 2 aromatic carbocycles. The molecule has 0 radical (unpaired) electrons. The summed E-state index contributed by atoms with van der Waals surface area (Å²) in [4.78, 5) is 50.1. The van der Waals surface area contributed by atoms with Crippen molar-refractivity contribution in [3.05, 3.63) is 64.7 Å². The third-order valence-corrected chi connectivity index (χ3v) is 4.48. The summed E-state index contributed by atoms with van der Waals surface area (Å²) in [5.41, 5.74) is 0.223. The number of fused-ring (bicyclic) bond motifs is 1. The molecule has 0 aliphatic carbocycles. The molecule has 3 rings (SSSR count). The zero-order valence-corrected chi connectivity index (χ0v) is 15.3. The number of nitrogens with zero attached hydrogens (tertiary/aromatic N) is 1. The second-order valence-electron chi connectivity index (χ2n) is 6.37. The Hall–Kier alpha value is -3.48. The van der Waals surface area contributed by atoms with Crippen LogP contribution in [0.15, 0.2) is 42.5 Å². The summed E-state index contributed by atoms with van der Waals surface area (Å²) in [6.07, 6.45) is 2.65. The fourth-order valence-corrected chi connectivity index (χ4v) is 3.03. The maximum atomic E-state index is 12.8. The van der Waals surface area contributed by atoms with Crippen molar-refractivity contribution in [3.8, 4) is 0 Å². The second kappa shape index (κ2) is 8.04. The van der Waals surface area contributed by atoms with Gasteiger partial charge < -0.3 is 9.84 Å². The standard InChI is InChI=1S/C21H19NO6/c1-2-3-6-11-28-21(27)15-7-4-5-8-17(15)22-18(23)14-10-9-13(20(25)26)12-16(14)19(22)24/h4-5,7-10,12H,2-3,6,11H2,1H3,(H,25,26). The van der Waals surface area contributed by atoms with E-state index >= 15 is 0 Å². The second-order valence-corrected chi connectivity index (χ2v) is 6.37. The van der Waals surface area contributed by atoms with Crippen molar-refractivity contribution in [2.75, 3.05) is 11.5 Å². The summed E-state index contributed by atoms with van der Waals surface area (Å²) in [6, 6.07) is 9.95. The highest BCUT2D eigenvalue weighted by Crippen LogP contribution is 2.31. The highest BCUT2D eigenvalue weighted by molar-refractivity contribution is 6.35. The van der Waals surface area contributed by atoms with Crippen LogP contribution in [0.25, 0.3) is 0 Å². The Morgan fingerprint density at radius 2 is 1.71 bits per heavy atom. The van der Waals surface area contributed by atoms with E-state index < -0.39 is 23.8 Å². The van der Waals surface area contributed by atoms with E-state index in [4.69, 9.17) is 9.84 Å². The van der Waals surface area contributed by atoms with Gasteiger partial charge in [-0.3, -0.25) is 9.59 Å². The molecular weight excluding hydrogens is 362 g/mol. The number of carboxylic acids is 1. The Labute approximate surface area is 161 Å². The molecule has 2 amide bonds. The molecule has 1 aliphatic rings. The molecule has 7 heteroatoms. The molecule has 28 heavy (non-hydrogen) atoms. The van der Waals surface area contributed by atoms with E-state index in [1.54, 1.807) is 12.1 Å². The summed E-state index contributed by atoms with van der Waals surface area (Å²) in [7, 11) is 0. The van der Waals surface area contributed by atoms with Crippen LogP contribution >= 0.6 is 0 Å². The maximum Gasteiger partial charge on any atom is 0.340 e. The van der Waals surface area contributed by atoms with E-state index in [1.807, 2.05) is 6.92 Å². The molecule has 2 aromatic rings. The van der Waals surface area contributed by atoms with Crippen LogP contribution in [0.1, 0.15) is 67.6 Å². The van der Waals surface area contributed by atoms with Crippen molar-refractivity contribution >= 4 is 29.4 Å². The van der Waals surface area contributed by atoms with Gasteiger partial charge >= 0.3 is 11.9 Å². The highest BCUT2D eigenvalue weighted by Gasteiger charge is 2.39. The normalized spacial score (nSPS) is 12.8. The first-order chi connectivity index (χ1) is 13.5. The molecule has 0 atom stereocenters. The lowest BCUT2D eigenvalue weighted by Gasteiger charge is -2.17. The van der Waals surface area contributed by atoms with Crippen LogP contribution in [0.5, 0.6) is 0 Å². The molecule has 0 aromatic heterocycles. The summed E-state index contributed by atoms with van der Waals surface area (Å²) in [5.74, 6) is -3.09. The summed E-state index contributed by atoms with van der Waals surface area (Å²) in [6.45, 7) is 2.29. The molecular formula is C21H19NO6. The van der Waals surface area contributed by atoms with Crippen molar-refractivity contribution in [1.29, 1.82) is 0 Å². The SMILES string of the molecule is CCCCCOC(=O)c1ccccc1N1C(=O)c2ccc(C(=O)O)cc2C1=O. The van der Waals surface area contributed by atoms with E-state index in [1.165, 1.54) is 30.3 Å². The predicted molar refractivity (Wildman–Crippen MR) is 101 cm³/mol. The maximum absolute atomic E-state index is 12.8. The molecule has 1 heterocycles. The van der Waals surface area contributed by atoms with Gasteiger partial charge in [0.1, 0.15) is 0 Å². The molecule has 0 bridgehead atoms.